The van der Waals surface area contributed by atoms with E-state index in [9.17, 15) is 9.59 Å². The number of Topliss-reactive ketones (excluding diaryl/α,β-unsaturated/α-hetero) is 2. The topological polar surface area (TPSA) is 135 Å². The maximum Gasteiger partial charge on any atom is 0.231 e. The number of hydrogen-bond acceptors (Lipinski definition) is 8. The molecule has 2 aliphatic heterocycles. The van der Waals surface area contributed by atoms with Gasteiger partial charge in [0, 0.05) is 11.1 Å². The zero-order valence-corrected chi connectivity index (χ0v) is 14.2. The van der Waals surface area contributed by atoms with E-state index in [0.29, 0.717) is 11.1 Å². The van der Waals surface area contributed by atoms with Crippen molar-refractivity contribution in [3.05, 3.63) is 71.8 Å². The van der Waals surface area contributed by atoms with Crippen LogP contribution < -0.4 is 16.8 Å². The van der Waals surface area contributed by atoms with Gasteiger partial charge in [-0.05, 0) is 0 Å². The van der Waals surface area contributed by atoms with E-state index in [0.717, 1.165) is 0 Å². The fourth-order valence-corrected chi connectivity index (χ4v) is 3.07. The van der Waals surface area contributed by atoms with Gasteiger partial charge in [0.15, 0.2) is 11.5 Å². The van der Waals surface area contributed by atoms with E-state index < -0.39 is 23.0 Å². The van der Waals surface area contributed by atoms with Gasteiger partial charge in [0.1, 0.15) is 12.1 Å². The number of fused-ring (bicyclic) bond motifs is 1. The van der Waals surface area contributed by atoms with Gasteiger partial charge in [0.2, 0.25) is 17.4 Å². The summed E-state index contributed by atoms with van der Waals surface area (Å²) in [4.78, 5) is 38.5. The van der Waals surface area contributed by atoms with E-state index >= 15 is 0 Å². The van der Waals surface area contributed by atoms with Crippen molar-refractivity contribution < 1.29 is 9.59 Å². The number of rotatable bonds is 4. The maximum absolute atomic E-state index is 13.2. The lowest BCUT2D eigenvalue weighted by Crippen LogP contribution is -2.78. The first-order valence-corrected chi connectivity index (χ1v) is 8.22. The van der Waals surface area contributed by atoms with Crippen molar-refractivity contribution in [3.8, 4) is 0 Å². The van der Waals surface area contributed by atoms with E-state index in [1.165, 1.54) is 6.34 Å². The van der Waals surface area contributed by atoms with E-state index in [4.69, 9.17) is 11.5 Å². The molecule has 2 heterocycles. The number of nitrogens with zero attached hydrogens (tertiary/aromatic N) is 3. The quantitative estimate of drug-likeness (QED) is 0.683. The fraction of sp³-hybridized carbons (Fsp3) is 0.105. The van der Waals surface area contributed by atoms with Gasteiger partial charge in [0.05, 0.1) is 0 Å². The van der Waals surface area contributed by atoms with Gasteiger partial charge >= 0.3 is 0 Å². The van der Waals surface area contributed by atoms with E-state index in [1.54, 1.807) is 60.7 Å². The standard InChI is InChI=1S/C19H16N6O2/c20-18(15(26)12-7-3-1-4-8-12)14-17(23-11-22-14)24-19(21,25-18)16(27)13-9-5-2-6-10-13/h1-11,25H,20-21H2. The largest absolute Gasteiger partial charge is 0.301 e. The predicted molar refractivity (Wildman–Crippen MR) is 102 cm³/mol. The third-order valence-electron chi connectivity index (χ3n) is 4.40. The fourth-order valence-electron chi connectivity index (χ4n) is 3.07. The molecular formula is C19H16N6O2. The monoisotopic (exact) mass is 360 g/mol. The number of carbonyl (C=O) groups excluding carboxylic acids is 2. The Balaban J connectivity index is 1.80. The normalized spacial score (nSPS) is 26.1. The third kappa shape index (κ3) is 2.72. The van der Waals surface area contributed by atoms with Crippen molar-refractivity contribution >= 4 is 29.5 Å². The summed E-state index contributed by atoms with van der Waals surface area (Å²) < 4.78 is 0. The minimum atomic E-state index is -1.96. The molecular weight excluding hydrogens is 344 g/mol. The summed E-state index contributed by atoms with van der Waals surface area (Å²) in [7, 11) is 0. The van der Waals surface area contributed by atoms with Gasteiger partial charge in [-0.3, -0.25) is 15.3 Å². The molecule has 0 spiro atoms. The molecule has 4 rings (SSSR count). The first-order chi connectivity index (χ1) is 12.9. The van der Waals surface area contributed by atoms with E-state index in [-0.39, 0.29) is 11.5 Å². The summed E-state index contributed by atoms with van der Waals surface area (Å²) in [6, 6.07) is 16.9. The second kappa shape index (κ2) is 6.13. The molecule has 0 bridgehead atoms. The summed E-state index contributed by atoms with van der Waals surface area (Å²) in [6.45, 7) is 0. The second-order valence-corrected chi connectivity index (χ2v) is 6.25. The molecule has 0 saturated heterocycles. The Morgan fingerprint density at radius 1 is 0.852 bits per heavy atom. The van der Waals surface area contributed by atoms with Crippen LogP contribution in [-0.2, 0) is 0 Å². The Labute approximate surface area is 154 Å². The lowest BCUT2D eigenvalue weighted by atomic mass is 9.89. The van der Waals surface area contributed by atoms with Crippen molar-refractivity contribution in [2.75, 3.05) is 0 Å². The number of nitrogens with two attached hydrogens (primary N) is 2. The molecule has 0 aliphatic carbocycles. The number of ketones is 2. The van der Waals surface area contributed by atoms with Crippen LogP contribution in [0.5, 0.6) is 0 Å². The minimum absolute atomic E-state index is 0.0623. The molecule has 8 nitrogen and oxygen atoms in total. The van der Waals surface area contributed by atoms with Gasteiger partial charge < -0.3 is 5.73 Å². The average molecular weight is 360 g/mol. The lowest BCUT2D eigenvalue weighted by molar-refractivity contribution is 0.0776. The van der Waals surface area contributed by atoms with Gasteiger partial charge in [0.25, 0.3) is 0 Å². The smallest absolute Gasteiger partial charge is 0.231 e. The van der Waals surface area contributed by atoms with Crippen LogP contribution in [0.2, 0.25) is 0 Å². The highest BCUT2D eigenvalue weighted by atomic mass is 16.1. The van der Waals surface area contributed by atoms with Crippen LogP contribution in [0, 0.1) is 0 Å². The number of amidine groups is 1. The molecule has 2 atom stereocenters. The van der Waals surface area contributed by atoms with Gasteiger partial charge in [-0.15, -0.1) is 0 Å². The van der Waals surface area contributed by atoms with Crippen LogP contribution >= 0.6 is 0 Å². The Kier molecular flexibility index (Phi) is 3.88. The van der Waals surface area contributed by atoms with Crippen LogP contribution in [0.3, 0.4) is 0 Å². The molecule has 0 amide bonds. The van der Waals surface area contributed by atoms with Crippen LogP contribution in [0.1, 0.15) is 20.7 Å². The highest BCUT2D eigenvalue weighted by molar-refractivity contribution is 6.54. The summed E-state index contributed by atoms with van der Waals surface area (Å²) in [5.74, 6) is -2.92. The lowest BCUT2D eigenvalue weighted by Gasteiger charge is -2.40. The van der Waals surface area contributed by atoms with Crippen molar-refractivity contribution in [2.45, 2.75) is 11.4 Å². The predicted octanol–water partition coefficient (Wildman–Crippen LogP) is 0.504. The van der Waals surface area contributed by atoms with Crippen molar-refractivity contribution in [1.29, 1.82) is 0 Å². The molecule has 2 aliphatic rings. The van der Waals surface area contributed by atoms with Gasteiger partial charge in [-0.25, -0.2) is 20.3 Å². The second-order valence-electron chi connectivity index (χ2n) is 6.25. The molecule has 0 fully saturated rings. The van der Waals surface area contributed by atoms with E-state index in [1.807, 2.05) is 0 Å². The first kappa shape index (κ1) is 17.1. The van der Waals surface area contributed by atoms with Crippen molar-refractivity contribution in [3.63, 3.8) is 0 Å². The minimum Gasteiger partial charge on any atom is -0.301 e. The SMILES string of the molecule is NC1(C(=O)c2ccccc2)N=C2N=CN=C2C(N)(C(=O)c2ccccc2)N1. The Hall–Kier alpha value is -3.33. The Morgan fingerprint density at radius 2 is 1.41 bits per heavy atom. The van der Waals surface area contributed by atoms with Crippen LogP contribution in [-0.4, -0.2) is 40.9 Å². The molecule has 0 radical (unpaired) electrons. The molecule has 2 aromatic rings. The molecule has 2 unspecified atom stereocenters. The molecule has 0 saturated carbocycles. The van der Waals surface area contributed by atoms with Crippen LogP contribution in [0.15, 0.2) is 75.6 Å². The maximum atomic E-state index is 13.2. The number of benzene rings is 2. The molecule has 27 heavy (non-hydrogen) atoms. The first-order valence-electron chi connectivity index (χ1n) is 8.22. The average Bonchev–Trinajstić information content (AvgIpc) is 3.17. The van der Waals surface area contributed by atoms with Crippen molar-refractivity contribution in [1.82, 2.24) is 5.32 Å². The molecule has 8 heteroatoms. The van der Waals surface area contributed by atoms with Crippen LogP contribution in [0.4, 0.5) is 0 Å². The summed E-state index contributed by atoms with van der Waals surface area (Å²) in [5, 5.41) is 2.73. The van der Waals surface area contributed by atoms with Gasteiger partial charge in [-0.1, -0.05) is 60.7 Å². The number of nitrogens with one attached hydrogen (secondary N) is 1. The summed E-state index contributed by atoms with van der Waals surface area (Å²) >= 11 is 0. The Morgan fingerprint density at radius 3 is 2.00 bits per heavy atom. The number of aliphatic imine (C=N–C) groups is 3. The third-order valence-corrected chi connectivity index (χ3v) is 4.40. The molecule has 0 aromatic heterocycles. The summed E-state index contributed by atoms with van der Waals surface area (Å²) in [5.41, 5.74) is 11.6. The summed E-state index contributed by atoms with van der Waals surface area (Å²) in [6.07, 6.45) is 1.23. The molecule has 134 valence electrons. The van der Waals surface area contributed by atoms with Crippen LogP contribution in [0.25, 0.3) is 0 Å². The molecule has 2 aromatic carbocycles. The zero-order chi connectivity index (χ0) is 19.1. The highest BCUT2D eigenvalue weighted by Crippen LogP contribution is 2.24. The molecule has 5 N–H and O–H groups in total. The zero-order valence-electron chi connectivity index (χ0n) is 14.2. The van der Waals surface area contributed by atoms with Crippen molar-refractivity contribution in [2.24, 2.45) is 26.4 Å². The number of carbonyl (C=O) groups is 2. The van der Waals surface area contributed by atoms with Gasteiger partial charge in [-0.2, -0.15) is 0 Å². The van der Waals surface area contributed by atoms with E-state index in [2.05, 4.69) is 20.3 Å². The number of hydrogen-bond donors (Lipinski definition) is 3. The Bertz CT molecular complexity index is 1020. The highest BCUT2D eigenvalue weighted by Gasteiger charge is 2.54.